The van der Waals surface area contributed by atoms with E-state index >= 15 is 0 Å². The third kappa shape index (κ3) is 3.14. The molecule has 140 valence electrons. The lowest BCUT2D eigenvalue weighted by Crippen LogP contribution is -2.54. The highest BCUT2D eigenvalue weighted by atomic mass is 19.4. The molecule has 0 spiro atoms. The quantitative estimate of drug-likeness (QED) is 0.812. The van der Waals surface area contributed by atoms with Gasteiger partial charge in [-0.2, -0.15) is 26.3 Å². The predicted molar refractivity (Wildman–Crippen MR) is 78.6 cm³/mol. The molecular formula is C15H16F6N2O2. The Balaban J connectivity index is 2.59. The van der Waals surface area contributed by atoms with Gasteiger partial charge in [-0.3, -0.25) is 4.90 Å². The first kappa shape index (κ1) is 19.4. The van der Waals surface area contributed by atoms with Gasteiger partial charge in [-0.05, 0) is 25.0 Å². The van der Waals surface area contributed by atoms with Crippen molar-refractivity contribution < 1.29 is 36.2 Å². The number of halogens is 6. The molecule has 0 bridgehead atoms. The Labute approximate surface area is 139 Å². The van der Waals surface area contributed by atoms with Crippen molar-refractivity contribution in [3.63, 3.8) is 0 Å². The molecule has 0 amide bonds. The highest BCUT2D eigenvalue weighted by Gasteiger charge is 2.71. The Morgan fingerprint density at radius 2 is 1.52 bits per heavy atom. The van der Waals surface area contributed by atoms with Crippen molar-refractivity contribution in [2.45, 2.75) is 31.8 Å². The molecule has 1 aliphatic heterocycles. The second kappa shape index (κ2) is 6.08. The van der Waals surface area contributed by atoms with E-state index in [0.717, 1.165) is 0 Å². The maximum Gasteiger partial charge on any atom is 0.430 e. The summed E-state index contributed by atoms with van der Waals surface area (Å²) in [4.78, 5) is 5.50. The summed E-state index contributed by atoms with van der Waals surface area (Å²) in [5.41, 5.74) is -5.65. The molecule has 1 aromatic rings. The van der Waals surface area contributed by atoms with Crippen LogP contribution in [0.15, 0.2) is 17.1 Å². The smallest absolute Gasteiger partial charge is 0.430 e. The fourth-order valence-corrected chi connectivity index (χ4v) is 2.80. The zero-order valence-electron chi connectivity index (χ0n) is 13.6. The molecule has 0 unspecified atom stereocenters. The van der Waals surface area contributed by atoms with Crippen LogP contribution >= 0.6 is 0 Å². The predicted octanol–water partition coefficient (Wildman–Crippen LogP) is 3.44. The molecule has 10 heteroatoms. The van der Waals surface area contributed by atoms with Crippen LogP contribution in [-0.4, -0.2) is 43.7 Å². The van der Waals surface area contributed by atoms with Gasteiger partial charge in [0.2, 0.25) is 0 Å². The number of rotatable bonds is 2. The molecule has 0 fully saturated rings. The van der Waals surface area contributed by atoms with Crippen LogP contribution in [-0.2, 0) is 10.3 Å². The SMILES string of the molecule is Cc1cc(C(O)(C(F)(F)F)C(F)(F)F)cc(C)c1N(C)C1=NCCO1. The number of benzene rings is 1. The average molecular weight is 370 g/mol. The van der Waals surface area contributed by atoms with Crippen molar-refractivity contribution in [1.82, 2.24) is 0 Å². The first-order valence-corrected chi connectivity index (χ1v) is 7.19. The zero-order valence-corrected chi connectivity index (χ0v) is 13.6. The normalized spacial score (nSPS) is 15.8. The summed E-state index contributed by atoms with van der Waals surface area (Å²) in [6.45, 7) is 3.46. The van der Waals surface area contributed by atoms with Crippen molar-refractivity contribution in [3.8, 4) is 0 Å². The molecular weight excluding hydrogens is 354 g/mol. The van der Waals surface area contributed by atoms with Gasteiger partial charge < -0.3 is 9.84 Å². The molecule has 0 saturated heterocycles. The summed E-state index contributed by atoms with van der Waals surface area (Å²) in [6.07, 6.45) is -11.8. The fourth-order valence-electron chi connectivity index (χ4n) is 2.80. The van der Waals surface area contributed by atoms with E-state index in [9.17, 15) is 31.4 Å². The number of nitrogens with zero attached hydrogens (tertiary/aromatic N) is 2. The van der Waals surface area contributed by atoms with Gasteiger partial charge in [-0.25, -0.2) is 4.99 Å². The third-order valence-corrected chi connectivity index (χ3v) is 3.92. The molecule has 0 aromatic heterocycles. The van der Waals surface area contributed by atoms with E-state index < -0.39 is 23.5 Å². The summed E-state index contributed by atoms with van der Waals surface area (Å²) in [7, 11) is 1.54. The number of hydrogen-bond donors (Lipinski definition) is 1. The van der Waals surface area contributed by atoms with Crippen molar-refractivity contribution in [1.29, 1.82) is 0 Å². The van der Waals surface area contributed by atoms with E-state index in [1.807, 2.05) is 0 Å². The summed E-state index contributed by atoms with van der Waals surface area (Å²) >= 11 is 0. The summed E-state index contributed by atoms with van der Waals surface area (Å²) < 4.78 is 83.5. The number of alkyl halides is 6. The number of amidine groups is 1. The molecule has 25 heavy (non-hydrogen) atoms. The summed E-state index contributed by atoms with van der Waals surface area (Å²) in [5, 5.41) is 9.53. The standard InChI is InChI=1S/C15H16F6N2O2/c1-8-6-10(13(24,14(16,17)18)15(19,20)21)7-9(2)11(8)23(3)12-22-4-5-25-12/h6-7,24H,4-5H2,1-3H3. The van der Waals surface area contributed by atoms with E-state index in [1.54, 1.807) is 7.05 Å². The number of aliphatic imine (C=N–C) groups is 1. The molecule has 1 aliphatic rings. The van der Waals surface area contributed by atoms with E-state index in [0.29, 0.717) is 31.0 Å². The van der Waals surface area contributed by atoms with Crippen molar-refractivity contribution >= 4 is 11.7 Å². The van der Waals surface area contributed by atoms with Crippen LogP contribution in [0.5, 0.6) is 0 Å². The van der Waals surface area contributed by atoms with Gasteiger partial charge in [-0.1, -0.05) is 12.1 Å². The van der Waals surface area contributed by atoms with Gasteiger partial charge in [0.15, 0.2) is 0 Å². The van der Waals surface area contributed by atoms with Gasteiger partial charge >= 0.3 is 12.4 Å². The second-order valence-electron chi connectivity index (χ2n) is 5.74. The molecule has 1 heterocycles. The second-order valence-corrected chi connectivity index (χ2v) is 5.74. The molecule has 0 saturated carbocycles. The van der Waals surface area contributed by atoms with Gasteiger partial charge in [0.1, 0.15) is 6.61 Å². The van der Waals surface area contributed by atoms with Crippen molar-refractivity contribution in [2.75, 3.05) is 25.1 Å². The Bertz CT molecular complexity index is 659. The molecule has 0 aliphatic carbocycles. The lowest BCUT2D eigenvalue weighted by Gasteiger charge is -2.34. The molecule has 0 radical (unpaired) electrons. The molecule has 1 N–H and O–H groups in total. The topological polar surface area (TPSA) is 45.1 Å². The van der Waals surface area contributed by atoms with E-state index in [-0.39, 0.29) is 17.1 Å². The molecule has 2 rings (SSSR count). The Morgan fingerprint density at radius 1 is 1.04 bits per heavy atom. The summed E-state index contributed by atoms with van der Waals surface area (Å²) in [5.74, 6) is 0. The largest absolute Gasteiger partial charge is 0.463 e. The number of aliphatic hydroxyl groups is 1. The molecule has 1 aromatic carbocycles. The van der Waals surface area contributed by atoms with Crippen molar-refractivity contribution in [2.24, 2.45) is 4.99 Å². The van der Waals surface area contributed by atoms with E-state index in [2.05, 4.69) is 4.99 Å². The van der Waals surface area contributed by atoms with Gasteiger partial charge in [0.05, 0.1) is 12.2 Å². The number of ether oxygens (including phenoxy) is 1. The first-order valence-electron chi connectivity index (χ1n) is 7.19. The number of hydrogen-bond acceptors (Lipinski definition) is 4. The first-order chi connectivity index (χ1) is 11.3. The fraction of sp³-hybridized carbons (Fsp3) is 0.533. The Morgan fingerprint density at radius 3 is 1.88 bits per heavy atom. The average Bonchev–Trinajstić information content (AvgIpc) is 2.96. The van der Waals surface area contributed by atoms with Crippen LogP contribution in [0.3, 0.4) is 0 Å². The number of anilines is 1. The Hall–Kier alpha value is -1.97. The summed E-state index contributed by atoms with van der Waals surface area (Å²) in [6, 6.07) is 1.57. The highest BCUT2D eigenvalue weighted by Crippen LogP contribution is 2.50. The maximum atomic E-state index is 13.0. The van der Waals surface area contributed by atoms with Crippen LogP contribution in [0.2, 0.25) is 0 Å². The van der Waals surface area contributed by atoms with E-state index in [4.69, 9.17) is 4.74 Å². The lowest BCUT2D eigenvalue weighted by molar-refractivity contribution is -0.376. The van der Waals surface area contributed by atoms with Gasteiger partial charge in [0, 0.05) is 12.6 Å². The van der Waals surface area contributed by atoms with Crippen LogP contribution in [0, 0.1) is 13.8 Å². The van der Waals surface area contributed by atoms with Crippen LogP contribution < -0.4 is 4.90 Å². The monoisotopic (exact) mass is 370 g/mol. The third-order valence-electron chi connectivity index (χ3n) is 3.92. The van der Waals surface area contributed by atoms with Crippen LogP contribution in [0.4, 0.5) is 32.0 Å². The minimum absolute atomic E-state index is 0.114. The lowest BCUT2D eigenvalue weighted by atomic mass is 9.89. The van der Waals surface area contributed by atoms with Crippen LogP contribution in [0.25, 0.3) is 0 Å². The van der Waals surface area contributed by atoms with E-state index in [1.165, 1.54) is 18.7 Å². The molecule has 4 nitrogen and oxygen atoms in total. The highest BCUT2D eigenvalue weighted by molar-refractivity contribution is 5.93. The van der Waals surface area contributed by atoms with Crippen LogP contribution in [0.1, 0.15) is 16.7 Å². The minimum atomic E-state index is -5.92. The maximum absolute atomic E-state index is 13.0. The molecule has 0 atom stereocenters. The minimum Gasteiger partial charge on any atom is -0.463 e. The zero-order chi connectivity index (χ0) is 19.2. The van der Waals surface area contributed by atoms with Crippen molar-refractivity contribution in [3.05, 3.63) is 28.8 Å². The Kier molecular flexibility index (Phi) is 4.71. The number of aryl methyl sites for hydroxylation is 2. The van der Waals surface area contributed by atoms with Gasteiger partial charge in [-0.15, -0.1) is 0 Å². The van der Waals surface area contributed by atoms with Gasteiger partial charge in [0.25, 0.3) is 11.6 Å².